The van der Waals surface area contributed by atoms with Gasteiger partial charge in [0.15, 0.2) is 0 Å². The van der Waals surface area contributed by atoms with Crippen LogP contribution in [0.15, 0.2) is 18.3 Å². The van der Waals surface area contributed by atoms with Gasteiger partial charge in [-0.1, -0.05) is 6.92 Å². The van der Waals surface area contributed by atoms with E-state index in [1.807, 2.05) is 6.92 Å². The summed E-state index contributed by atoms with van der Waals surface area (Å²) in [5.74, 6) is 0.450. The van der Waals surface area contributed by atoms with Gasteiger partial charge in [0, 0.05) is 18.2 Å². The Kier molecular flexibility index (Phi) is 2.99. The molecule has 1 aromatic heterocycles. The minimum Gasteiger partial charge on any atom is -0.380 e. The fraction of sp³-hybridized carbons (Fsp3) is 0.545. The van der Waals surface area contributed by atoms with Crippen molar-refractivity contribution in [2.24, 2.45) is 5.41 Å². The number of nitrogens with zero attached hydrogens (tertiary/aromatic N) is 1. The average molecular weight is 246 g/mol. The average Bonchev–Trinajstić information content (AvgIpc) is 2.23. The molecule has 0 unspecified atom stereocenters. The van der Waals surface area contributed by atoms with Crippen molar-refractivity contribution in [3.8, 4) is 0 Å². The predicted molar refractivity (Wildman–Crippen MR) is 56.7 cm³/mol. The summed E-state index contributed by atoms with van der Waals surface area (Å²) in [6.07, 6.45) is -3.50. The molecule has 0 aromatic carbocycles. The molecule has 17 heavy (non-hydrogen) atoms. The highest BCUT2D eigenvalue weighted by atomic mass is 19.4. The van der Waals surface area contributed by atoms with Crippen LogP contribution >= 0.6 is 0 Å². The molecule has 6 heteroatoms. The topological polar surface area (TPSA) is 34.2 Å². The Morgan fingerprint density at radius 1 is 1.41 bits per heavy atom. The first-order valence-electron chi connectivity index (χ1n) is 5.24. The number of pyridine rings is 1. The van der Waals surface area contributed by atoms with Crippen LogP contribution in [0.3, 0.4) is 0 Å². The third-order valence-electron chi connectivity index (χ3n) is 2.69. The summed E-state index contributed by atoms with van der Waals surface area (Å²) in [6, 6.07) is 2.36. The summed E-state index contributed by atoms with van der Waals surface area (Å²) in [5, 5.41) is 3.01. The summed E-state index contributed by atoms with van der Waals surface area (Å²) < 4.78 is 41.9. The van der Waals surface area contributed by atoms with Crippen molar-refractivity contribution in [2.45, 2.75) is 13.1 Å². The quantitative estimate of drug-likeness (QED) is 0.890. The molecular weight excluding hydrogens is 233 g/mol. The van der Waals surface area contributed by atoms with Gasteiger partial charge in [-0.15, -0.1) is 0 Å². The number of anilines is 1. The molecule has 2 rings (SSSR count). The van der Waals surface area contributed by atoms with Gasteiger partial charge in [-0.2, -0.15) is 13.2 Å². The smallest absolute Gasteiger partial charge is 0.380 e. The lowest BCUT2D eigenvalue weighted by atomic mass is 9.89. The Hall–Kier alpha value is -1.30. The van der Waals surface area contributed by atoms with Gasteiger partial charge < -0.3 is 10.1 Å². The molecule has 1 saturated heterocycles. The monoisotopic (exact) mass is 246 g/mol. The second-order valence-corrected chi connectivity index (χ2v) is 4.59. The number of rotatable bonds is 3. The summed E-state index contributed by atoms with van der Waals surface area (Å²) in [4.78, 5) is 3.73. The molecule has 1 fully saturated rings. The second-order valence-electron chi connectivity index (χ2n) is 4.59. The number of aromatic nitrogens is 1. The van der Waals surface area contributed by atoms with E-state index in [9.17, 15) is 13.2 Å². The highest BCUT2D eigenvalue weighted by molar-refractivity contribution is 5.36. The fourth-order valence-corrected chi connectivity index (χ4v) is 1.52. The molecule has 94 valence electrons. The number of halogens is 3. The van der Waals surface area contributed by atoms with Crippen LogP contribution in [0, 0.1) is 5.41 Å². The van der Waals surface area contributed by atoms with Crippen LogP contribution in [-0.2, 0) is 10.9 Å². The highest BCUT2D eigenvalue weighted by Crippen LogP contribution is 2.29. The van der Waals surface area contributed by atoms with Gasteiger partial charge in [0.1, 0.15) is 5.82 Å². The number of nitrogens with one attached hydrogen (secondary N) is 1. The van der Waals surface area contributed by atoms with E-state index >= 15 is 0 Å². The lowest BCUT2D eigenvalue weighted by molar-refractivity contribution is -0.137. The molecule has 0 atom stereocenters. The third-order valence-corrected chi connectivity index (χ3v) is 2.69. The maximum absolute atomic E-state index is 12.3. The molecule has 0 spiro atoms. The summed E-state index contributed by atoms with van der Waals surface area (Å²) in [7, 11) is 0. The van der Waals surface area contributed by atoms with Crippen molar-refractivity contribution in [3.05, 3.63) is 23.9 Å². The SMILES string of the molecule is CC1(CNc2ccc(C(F)(F)F)cn2)COC1. The fourth-order valence-electron chi connectivity index (χ4n) is 1.52. The van der Waals surface area contributed by atoms with Crippen LogP contribution in [-0.4, -0.2) is 24.7 Å². The van der Waals surface area contributed by atoms with E-state index < -0.39 is 11.7 Å². The van der Waals surface area contributed by atoms with Crippen LogP contribution in [0.25, 0.3) is 0 Å². The number of hydrogen-bond acceptors (Lipinski definition) is 3. The molecule has 0 saturated carbocycles. The second kappa shape index (κ2) is 4.18. The molecule has 3 nitrogen and oxygen atoms in total. The molecule has 1 N–H and O–H groups in total. The first-order valence-corrected chi connectivity index (χ1v) is 5.24. The molecule has 1 aliphatic heterocycles. The van der Waals surface area contributed by atoms with Crippen LogP contribution in [0.4, 0.5) is 19.0 Å². The summed E-state index contributed by atoms with van der Waals surface area (Å²) >= 11 is 0. The molecule has 0 bridgehead atoms. The lowest BCUT2D eigenvalue weighted by Gasteiger charge is -2.38. The molecule has 0 aliphatic carbocycles. The zero-order chi connectivity index (χ0) is 12.5. The number of hydrogen-bond donors (Lipinski definition) is 1. The predicted octanol–water partition coefficient (Wildman–Crippen LogP) is 2.55. The van der Waals surface area contributed by atoms with Crippen LogP contribution < -0.4 is 5.32 Å². The van der Waals surface area contributed by atoms with Crippen LogP contribution in [0.5, 0.6) is 0 Å². The molecule has 1 aliphatic rings. The normalized spacial score (nSPS) is 18.6. The molecule has 1 aromatic rings. The van der Waals surface area contributed by atoms with Crippen LogP contribution in [0.2, 0.25) is 0 Å². The van der Waals surface area contributed by atoms with E-state index in [4.69, 9.17) is 4.74 Å². The molecular formula is C11H13F3N2O. The highest BCUT2D eigenvalue weighted by Gasteiger charge is 2.33. The standard InChI is InChI=1S/C11H13F3N2O/c1-10(6-17-7-10)5-16-9-3-2-8(4-15-9)11(12,13)14/h2-4H,5-7H2,1H3,(H,15,16). The minimum atomic E-state index is -4.33. The Morgan fingerprint density at radius 3 is 2.53 bits per heavy atom. The van der Waals surface area contributed by atoms with Crippen molar-refractivity contribution in [1.82, 2.24) is 4.98 Å². The Bertz CT molecular complexity index is 385. The molecule has 0 radical (unpaired) electrons. The minimum absolute atomic E-state index is 0.0599. The summed E-state index contributed by atoms with van der Waals surface area (Å²) in [5.41, 5.74) is -0.675. The van der Waals surface area contributed by atoms with Crippen molar-refractivity contribution < 1.29 is 17.9 Å². The maximum Gasteiger partial charge on any atom is 0.417 e. The van der Waals surface area contributed by atoms with Crippen molar-refractivity contribution >= 4 is 5.82 Å². The van der Waals surface area contributed by atoms with E-state index in [1.165, 1.54) is 6.07 Å². The van der Waals surface area contributed by atoms with Gasteiger partial charge >= 0.3 is 6.18 Å². The summed E-state index contributed by atoms with van der Waals surface area (Å²) in [6.45, 7) is 4.03. The third kappa shape index (κ3) is 2.88. The van der Waals surface area contributed by atoms with E-state index in [0.29, 0.717) is 25.6 Å². The number of alkyl halides is 3. The zero-order valence-corrected chi connectivity index (χ0v) is 9.34. The van der Waals surface area contributed by atoms with Crippen molar-refractivity contribution in [2.75, 3.05) is 25.1 Å². The van der Waals surface area contributed by atoms with Crippen LogP contribution in [0.1, 0.15) is 12.5 Å². The van der Waals surface area contributed by atoms with E-state index in [0.717, 1.165) is 12.3 Å². The van der Waals surface area contributed by atoms with Crippen molar-refractivity contribution in [3.63, 3.8) is 0 Å². The Morgan fingerprint density at radius 2 is 2.12 bits per heavy atom. The van der Waals surface area contributed by atoms with Gasteiger partial charge in [-0.25, -0.2) is 4.98 Å². The van der Waals surface area contributed by atoms with Gasteiger partial charge in [-0.05, 0) is 12.1 Å². The van der Waals surface area contributed by atoms with Gasteiger partial charge in [0.2, 0.25) is 0 Å². The molecule has 2 heterocycles. The van der Waals surface area contributed by atoms with Gasteiger partial charge in [0.25, 0.3) is 0 Å². The lowest BCUT2D eigenvalue weighted by Crippen LogP contribution is -2.45. The Balaban J connectivity index is 1.94. The van der Waals surface area contributed by atoms with Gasteiger partial charge in [0.05, 0.1) is 18.8 Å². The maximum atomic E-state index is 12.3. The van der Waals surface area contributed by atoms with E-state index in [1.54, 1.807) is 0 Å². The zero-order valence-electron chi connectivity index (χ0n) is 9.34. The Labute approximate surface area is 97.0 Å². The molecule has 0 amide bonds. The first-order chi connectivity index (χ1) is 7.89. The van der Waals surface area contributed by atoms with E-state index in [-0.39, 0.29) is 5.41 Å². The van der Waals surface area contributed by atoms with Gasteiger partial charge in [-0.3, -0.25) is 0 Å². The van der Waals surface area contributed by atoms with E-state index in [2.05, 4.69) is 10.3 Å². The first kappa shape index (κ1) is 12.2. The largest absolute Gasteiger partial charge is 0.417 e. The number of ether oxygens (including phenoxy) is 1. The van der Waals surface area contributed by atoms with Crippen molar-refractivity contribution in [1.29, 1.82) is 0 Å².